The van der Waals surface area contributed by atoms with Crippen LogP contribution in [0, 0.1) is 0 Å². The summed E-state index contributed by atoms with van der Waals surface area (Å²) >= 11 is 0. The van der Waals surface area contributed by atoms with Crippen LogP contribution in [-0.2, 0) is 12.4 Å². The number of ketones is 1. The van der Waals surface area contributed by atoms with Gasteiger partial charge in [0.1, 0.15) is 0 Å². The Morgan fingerprint density at radius 3 is 1.77 bits per heavy atom. The van der Waals surface area contributed by atoms with Crippen LogP contribution < -0.4 is 0 Å². The van der Waals surface area contributed by atoms with Crippen molar-refractivity contribution in [3.8, 4) is 0 Å². The van der Waals surface area contributed by atoms with Crippen molar-refractivity contribution in [3.05, 3.63) is 70.8 Å². The number of benzene rings is 2. The fourth-order valence-corrected chi connectivity index (χ4v) is 1.89. The highest BCUT2D eigenvalue weighted by molar-refractivity contribution is 6.10. The fourth-order valence-electron chi connectivity index (χ4n) is 1.89. The van der Waals surface area contributed by atoms with Crippen LogP contribution >= 0.6 is 0 Å². The number of carbonyl (C=O) groups is 1. The molecule has 0 N–H and O–H groups in total. The van der Waals surface area contributed by atoms with Crippen LogP contribution in [0.5, 0.6) is 0 Å². The van der Waals surface area contributed by atoms with Crippen LogP contribution in [-0.4, -0.2) is 5.78 Å². The Hall–Kier alpha value is -2.31. The fraction of sp³-hybridized carbons (Fsp3) is 0.133. The monoisotopic (exact) mass is 318 g/mol. The molecular formula is C15H8F6O. The van der Waals surface area contributed by atoms with Gasteiger partial charge in [-0.1, -0.05) is 30.3 Å². The summed E-state index contributed by atoms with van der Waals surface area (Å²) in [5.74, 6) is -0.985. The summed E-state index contributed by atoms with van der Waals surface area (Å²) in [7, 11) is 0. The first-order valence-electron chi connectivity index (χ1n) is 5.99. The average Bonchev–Trinajstić information content (AvgIpc) is 2.45. The van der Waals surface area contributed by atoms with Crippen molar-refractivity contribution in [2.24, 2.45) is 0 Å². The number of hydrogen-bond acceptors (Lipinski definition) is 1. The molecule has 7 heteroatoms. The summed E-state index contributed by atoms with van der Waals surface area (Å²) in [6.07, 6.45) is -9.30. The van der Waals surface area contributed by atoms with Gasteiger partial charge in [-0.25, -0.2) is 0 Å². The first-order valence-corrected chi connectivity index (χ1v) is 5.99. The van der Waals surface area contributed by atoms with Crippen LogP contribution in [0.1, 0.15) is 27.0 Å². The predicted molar refractivity (Wildman–Crippen MR) is 66.3 cm³/mol. The standard InChI is InChI=1S/C15H8F6O/c16-14(17,18)10-7-5-9(6-8-10)13(22)11-3-1-2-4-12(11)15(19,20)21/h1-8H. The van der Waals surface area contributed by atoms with Crippen molar-refractivity contribution in [2.45, 2.75) is 12.4 Å². The van der Waals surface area contributed by atoms with Gasteiger partial charge in [0.15, 0.2) is 5.78 Å². The van der Waals surface area contributed by atoms with Crippen LogP contribution in [0.3, 0.4) is 0 Å². The Balaban J connectivity index is 2.42. The van der Waals surface area contributed by atoms with Gasteiger partial charge in [0.05, 0.1) is 11.1 Å². The van der Waals surface area contributed by atoms with E-state index in [1.165, 1.54) is 6.07 Å². The third kappa shape index (κ3) is 3.29. The summed E-state index contributed by atoms with van der Waals surface area (Å²) < 4.78 is 75.8. The molecule has 0 aliphatic rings. The van der Waals surface area contributed by atoms with E-state index in [0.29, 0.717) is 12.1 Å². The van der Waals surface area contributed by atoms with E-state index < -0.39 is 34.8 Å². The van der Waals surface area contributed by atoms with E-state index in [4.69, 9.17) is 0 Å². The molecule has 0 saturated carbocycles. The Bertz CT molecular complexity index is 682. The zero-order valence-electron chi connectivity index (χ0n) is 10.8. The van der Waals surface area contributed by atoms with E-state index in [2.05, 4.69) is 0 Å². The molecule has 0 saturated heterocycles. The maximum absolute atomic E-state index is 12.8. The smallest absolute Gasteiger partial charge is 0.289 e. The molecule has 116 valence electrons. The molecule has 0 heterocycles. The van der Waals surface area contributed by atoms with E-state index in [0.717, 1.165) is 30.3 Å². The van der Waals surface area contributed by atoms with Crippen molar-refractivity contribution >= 4 is 5.78 Å². The predicted octanol–water partition coefficient (Wildman–Crippen LogP) is 4.96. The van der Waals surface area contributed by atoms with Gasteiger partial charge in [-0.15, -0.1) is 0 Å². The third-order valence-electron chi connectivity index (χ3n) is 2.95. The Morgan fingerprint density at radius 2 is 1.27 bits per heavy atom. The van der Waals surface area contributed by atoms with Crippen LogP contribution in [0.2, 0.25) is 0 Å². The topological polar surface area (TPSA) is 17.1 Å². The second-order valence-electron chi connectivity index (χ2n) is 4.45. The summed E-state index contributed by atoms with van der Waals surface area (Å²) in [5.41, 5.74) is -2.95. The molecule has 0 aromatic heterocycles. The normalized spacial score (nSPS) is 12.3. The molecule has 2 aromatic rings. The molecule has 2 aromatic carbocycles. The lowest BCUT2D eigenvalue weighted by atomic mass is 9.97. The quantitative estimate of drug-likeness (QED) is 0.565. The minimum Gasteiger partial charge on any atom is -0.289 e. The number of alkyl halides is 6. The van der Waals surface area contributed by atoms with E-state index >= 15 is 0 Å². The SMILES string of the molecule is O=C(c1ccc(C(F)(F)F)cc1)c1ccccc1C(F)(F)F. The molecule has 0 atom stereocenters. The molecule has 0 fully saturated rings. The molecule has 0 aliphatic heterocycles. The highest BCUT2D eigenvalue weighted by Crippen LogP contribution is 2.33. The van der Waals surface area contributed by atoms with Gasteiger partial charge in [0.25, 0.3) is 0 Å². The summed E-state index contributed by atoms with van der Waals surface area (Å²) in [5, 5.41) is 0. The van der Waals surface area contributed by atoms with E-state index in [1.54, 1.807) is 0 Å². The molecule has 0 radical (unpaired) electrons. The highest BCUT2D eigenvalue weighted by Gasteiger charge is 2.35. The summed E-state index contributed by atoms with van der Waals surface area (Å²) in [4.78, 5) is 12.1. The molecule has 2 rings (SSSR count). The summed E-state index contributed by atoms with van der Waals surface area (Å²) in [6.45, 7) is 0. The minimum atomic E-state index is -4.72. The van der Waals surface area contributed by atoms with Crippen molar-refractivity contribution in [2.75, 3.05) is 0 Å². The first kappa shape index (κ1) is 16.1. The zero-order valence-corrected chi connectivity index (χ0v) is 10.8. The van der Waals surface area contributed by atoms with Crippen LogP contribution in [0.25, 0.3) is 0 Å². The lowest BCUT2D eigenvalue weighted by molar-refractivity contribution is -0.138. The first-order chi connectivity index (χ1) is 10.1. The van der Waals surface area contributed by atoms with E-state index in [9.17, 15) is 31.1 Å². The van der Waals surface area contributed by atoms with Gasteiger partial charge in [0, 0.05) is 11.1 Å². The Morgan fingerprint density at radius 1 is 0.727 bits per heavy atom. The Kier molecular flexibility index (Phi) is 4.00. The minimum absolute atomic E-state index is 0.246. The van der Waals surface area contributed by atoms with Crippen molar-refractivity contribution in [3.63, 3.8) is 0 Å². The second-order valence-corrected chi connectivity index (χ2v) is 4.45. The van der Waals surface area contributed by atoms with Gasteiger partial charge in [-0.3, -0.25) is 4.79 Å². The van der Waals surface area contributed by atoms with Gasteiger partial charge in [-0.05, 0) is 18.2 Å². The van der Waals surface area contributed by atoms with Gasteiger partial charge in [0.2, 0.25) is 0 Å². The van der Waals surface area contributed by atoms with Crippen LogP contribution in [0.4, 0.5) is 26.3 Å². The lowest BCUT2D eigenvalue weighted by Crippen LogP contribution is -2.14. The van der Waals surface area contributed by atoms with Gasteiger partial charge >= 0.3 is 12.4 Å². The molecule has 22 heavy (non-hydrogen) atoms. The van der Waals surface area contributed by atoms with Crippen LogP contribution in [0.15, 0.2) is 48.5 Å². The number of carbonyl (C=O) groups excluding carboxylic acids is 1. The lowest BCUT2D eigenvalue weighted by Gasteiger charge is -2.12. The van der Waals surface area contributed by atoms with Gasteiger partial charge < -0.3 is 0 Å². The maximum Gasteiger partial charge on any atom is 0.417 e. The summed E-state index contributed by atoms with van der Waals surface area (Å²) in [6, 6.07) is 7.16. The molecule has 0 aliphatic carbocycles. The largest absolute Gasteiger partial charge is 0.417 e. The highest BCUT2D eigenvalue weighted by atomic mass is 19.4. The van der Waals surface area contributed by atoms with Crippen molar-refractivity contribution < 1.29 is 31.1 Å². The molecule has 0 bridgehead atoms. The third-order valence-corrected chi connectivity index (χ3v) is 2.95. The number of hydrogen-bond donors (Lipinski definition) is 0. The molecule has 1 nitrogen and oxygen atoms in total. The molecule has 0 spiro atoms. The number of halogens is 6. The second kappa shape index (κ2) is 5.47. The molecule has 0 unspecified atom stereocenters. The van der Waals surface area contributed by atoms with E-state index in [-0.39, 0.29) is 5.56 Å². The molecule has 0 amide bonds. The van der Waals surface area contributed by atoms with Gasteiger partial charge in [-0.2, -0.15) is 26.3 Å². The molecular weight excluding hydrogens is 310 g/mol. The van der Waals surface area contributed by atoms with Crippen molar-refractivity contribution in [1.29, 1.82) is 0 Å². The average molecular weight is 318 g/mol. The van der Waals surface area contributed by atoms with E-state index in [1.807, 2.05) is 0 Å². The number of rotatable bonds is 2. The Labute approximate surface area is 121 Å². The maximum atomic E-state index is 12.8. The van der Waals surface area contributed by atoms with Crippen molar-refractivity contribution in [1.82, 2.24) is 0 Å². The zero-order chi connectivity index (χ0) is 16.5.